The Kier molecular flexibility index (Phi) is 5.85. The summed E-state index contributed by atoms with van der Waals surface area (Å²) in [5.41, 5.74) is 5.91. The van der Waals surface area contributed by atoms with Gasteiger partial charge in [0.25, 0.3) is 5.91 Å². The molecule has 22 heavy (non-hydrogen) atoms. The van der Waals surface area contributed by atoms with Gasteiger partial charge in [0.2, 0.25) is 0 Å². The lowest BCUT2D eigenvalue weighted by Gasteiger charge is -2.08. The fourth-order valence-electron chi connectivity index (χ4n) is 1.86. The molecule has 0 aliphatic heterocycles. The zero-order valence-electron chi connectivity index (χ0n) is 12.5. The van der Waals surface area contributed by atoms with Crippen molar-refractivity contribution in [3.8, 4) is 11.5 Å². The number of amides is 1. The van der Waals surface area contributed by atoms with Crippen molar-refractivity contribution in [2.24, 2.45) is 5.73 Å². The second-order valence-electron chi connectivity index (χ2n) is 4.64. The van der Waals surface area contributed by atoms with Crippen LogP contribution in [0.2, 0.25) is 0 Å². The van der Waals surface area contributed by atoms with Crippen LogP contribution in [0.15, 0.2) is 41.0 Å². The fraction of sp³-hybridized carbons (Fsp3) is 0.312. The molecule has 0 bridgehead atoms. The Morgan fingerprint density at radius 3 is 2.86 bits per heavy atom. The number of nitrogens with one attached hydrogen (secondary N) is 1. The maximum Gasteiger partial charge on any atom is 0.254 e. The molecule has 118 valence electrons. The highest BCUT2D eigenvalue weighted by Gasteiger charge is 2.08. The Labute approximate surface area is 129 Å². The Bertz CT molecular complexity index is 610. The van der Waals surface area contributed by atoms with Crippen molar-refractivity contribution in [2.45, 2.75) is 13.0 Å². The summed E-state index contributed by atoms with van der Waals surface area (Å²) in [4.78, 5) is 11.8. The first-order valence-electron chi connectivity index (χ1n) is 7.05. The van der Waals surface area contributed by atoms with Crippen LogP contribution in [0, 0.1) is 0 Å². The van der Waals surface area contributed by atoms with Gasteiger partial charge in [-0.1, -0.05) is 6.07 Å². The maximum atomic E-state index is 11.8. The van der Waals surface area contributed by atoms with Gasteiger partial charge in [-0.3, -0.25) is 4.79 Å². The van der Waals surface area contributed by atoms with Crippen molar-refractivity contribution in [1.82, 2.24) is 5.32 Å². The lowest BCUT2D eigenvalue weighted by atomic mass is 10.3. The highest BCUT2D eigenvalue weighted by Crippen LogP contribution is 2.18. The molecule has 1 aromatic carbocycles. The average molecular weight is 304 g/mol. The zero-order chi connectivity index (χ0) is 15.8. The van der Waals surface area contributed by atoms with Crippen LogP contribution in [-0.4, -0.2) is 26.2 Å². The molecule has 0 unspecified atom stereocenters. The minimum absolute atomic E-state index is 0.176. The molecule has 1 aromatic heterocycles. The summed E-state index contributed by atoms with van der Waals surface area (Å²) >= 11 is 0. The topological polar surface area (TPSA) is 86.7 Å². The summed E-state index contributed by atoms with van der Waals surface area (Å²) in [5.74, 6) is 1.91. The number of furan rings is 1. The molecule has 0 spiro atoms. The number of nitrogens with two attached hydrogens (primary N) is 1. The summed E-state index contributed by atoms with van der Waals surface area (Å²) in [7, 11) is 1.61. The lowest BCUT2D eigenvalue weighted by Crippen LogP contribution is -2.25. The average Bonchev–Trinajstić information content (AvgIpc) is 3.04. The van der Waals surface area contributed by atoms with E-state index in [-0.39, 0.29) is 12.5 Å². The molecule has 6 heteroatoms. The van der Waals surface area contributed by atoms with Crippen molar-refractivity contribution in [3.63, 3.8) is 0 Å². The third-order valence-corrected chi connectivity index (χ3v) is 3.03. The standard InChI is InChI=1S/C16H20N2O4/c1-20-13-4-2-5-14(9-13)21-7-3-6-18-16(19)12-8-15(10-17)22-11-12/h2,4-5,8-9,11H,3,6-7,10,17H2,1H3,(H,18,19). The molecule has 0 radical (unpaired) electrons. The van der Waals surface area contributed by atoms with E-state index in [9.17, 15) is 4.79 Å². The highest BCUT2D eigenvalue weighted by molar-refractivity contribution is 5.93. The molecule has 2 rings (SSSR count). The molecular formula is C16H20N2O4. The van der Waals surface area contributed by atoms with Crippen LogP contribution in [0.3, 0.4) is 0 Å². The van der Waals surface area contributed by atoms with E-state index in [0.29, 0.717) is 30.9 Å². The molecule has 3 N–H and O–H groups in total. The van der Waals surface area contributed by atoms with E-state index in [0.717, 1.165) is 11.5 Å². The van der Waals surface area contributed by atoms with Crippen LogP contribution >= 0.6 is 0 Å². The molecule has 0 saturated carbocycles. The van der Waals surface area contributed by atoms with E-state index in [1.165, 1.54) is 6.26 Å². The summed E-state index contributed by atoms with van der Waals surface area (Å²) in [6.07, 6.45) is 2.11. The van der Waals surface area contributed by atoms with Gasteiger partial charge in [-0.2, -0.15) is 0 Å². The Morgan fingerprint density at radius 1 is 1.32 bits per heavy atom. The summed E-state index contributed by atoms with van der Waals surface area (Å²) in [5, 5.41) is 2.80. The van der Waals surface area contributed by atoms with Gasteiger partial charge >= 0.3 is 0 Å². The van der Waals surface area contributed by atoms with E-state index in [4.69, 9.17) is 19.6 Å². The van der Waals surface area contributed by atoms with Crippen molar-refractivity contribution < 1.29 is 18.7 Å². The van der Waals surface area contributed by atoms with Crippen LogP contribution in [0.25, 0.3) is 0 Å². The number of carbonyl (C=O) groups excluding carboxylic acids is 1. The van der Waals surface area contributed by atoms with Crippen molar-refractivity contribution in [1.29, 1.82) is 0 Å². The molecule has 1 heterocycles. The SMILES string of the molecule is COc1cccc(OCCCNC(=O)c2coc(CN)c2)c1. The molecule has 0 aliphatic carbocycles. The third kappa shape index (κ3) is 4.53. The van der Waals surface area contributed by atoms with Crippen molar-refractivity contribution >= 4 is 5.91 Å². The molecule has 1 amide bonds. The first-order chi connectivity index (χ1) is 10.7. The van der Waals surface area contributed by atoms with Crippen LogP contribution in [0.5, 0.6) is 11.5 Å². The van der Waals surface area contributed by atoms with E-state index < -0.39 is 0 Å². The Morgan fingerprint density at radius 2 is 2.14 bits per heavy atom. The quantitative estimate of drug-likeness (QED) is 0.728. The smallest absolute Gasteiger partial charge is 0.254 e. The summed E-state index contributed by atoms with van der Waals surface area (Å²) in [6, 6.07) is 9.04. The maximum absolute atomic E-state index is 11.8. The molecule has 6 nitrogen and oxygen atoms in total. The summed E-state index contributed by atoms with van der Waals surface area (Å²) < 4.78 is 15.8. The van der Waals surface area contributed by atoms with Crippen molar-refractivity contribution in [2.75, 3.05) is 20.3 Å². The number of methoxy groups -OCH3 is 1. The van der Waals surface area contributed by atoms with Gasteiger partial charge in [-0.25, -0.2) is 0 Å². The van der Waals surface area contributed by atoms with Gasteiger partial charge in [0.05, 0.1) is 25.8 Å². The molecule has 0 aliphatic rings. The second kappa shape index (κ2) is 8.09. The first kappa shape index (κ1) is 15.9. The Hall–Kier alpha value is -2.47. The van der Waals surface area contributed by atoms with Crippen LogP contribution in [0.4, 0.5) is 0 Å². The minimum atomic E-state index is -0.176. The number of hydrogen-bond acceptors (Lipinski definition) is 5. The number of carbonyl (C=O) groups is 1. The van der Waals surface area contributed by atoms with E-state index in [2.05, 4.69) is 5.32 Å². The Balaban J connectivity index is 1.67. The van der Waals surface area contributed by atoms with Gasteiger partial charge in [-0.15, -0.1) is 0 Å². The van der Waals surface area contributed by atoms with E-state index in [1.54, 1.807) is 13.2 Å². The predicted molar refractivity (Wildman–Crippen MR) is 82.0 cm³/mol. The molecule has 2 aromatic rings. The predicted octanol–water partition coefficient (Wildman–Crippen LogP) is 1.95. The largest absolute Gasteiger partial charge is 0.497 e. The van der Waals surface area contributed by atoms with Gasteiger partial charge < -0.3 is 24.9 Å². The summed E-state index contributed by atoms with van der Waals surface area (Å²) in [6.45, 7) is 1.31. The van der Waals surface area contributed by atoms with Gasteiger partial charge in [0.1, 0.15) is 23.5 Å². The number of ether oxygens (including phenoxy) is 2. The van der Waals surface area contributed by atoms with E-state index >= 15 is 0 Å². The number of hydrogen-bond donors (Lipinski definition) is 2. The third-order valence-electron chi connectivity index (χ3n) is 3.03. The highest BCUT2D eigenvalue weighted by atomic mass is 16.5. The zero-order valence-corrected chi connectivity index (χ0v) is 12.5. The van der Waals surface area contributed by atoms with Crippen LogP contribution in [-0.2, 0) is 6.54 Å². The van der Waals surface area contributed by atoms with Crippen LogP contribution in [0.1, 0.15) is 22.5 Å². The van der Waals surface area contributed by atoms with Gasteiger partial charge in [0, 0.05) is 12.6 Å². The molecular weight excluding hydrogens is 284 g/mol. The monoisotopic (exact) mass is 304 g/mol. The van der Waals surface area contributed by atoms with Gasteiger partial charge in [-0.05, 0) is 24.6 Å². The first-order valence-corrected chi connectivity index (χ1v) is 7.05. The van der Waals surface area contributed by atoms with Crippen molar-refractivity contribution in [3.05, 3.63) is 47.9 Å². The number of benzene rings is 1. The van der Waals surface area contributed by atoms with Gasteiger partial charge in [0.15, 0.2) is 0 Å². The fourth-order valence-corrected chi connectivity index (χ4v) is 1.86. The van der Waals surface area contributed by atoms with Crippen LogP contribution < -0.4 is 20.5 Å². The molecule has 0 fully saturated rings. The molecule has 0 saturated heterocycles. The van der Waals surface area contributed by atoms with E-state index in [1.807, 2.05) is 24.3 Å². The lowest BCUT2D eigenvalue weighted by molar-refractivity contribution is 0.0951. The molecule has 0 atom stereocenters. The normalized spacial score (nSPS) is 10.3. The number of rotatable bonds is 8. The minimum Gasteiger partial charge on any atom is -0.497 e. The second-order valence-corrected chi connectivity index (χ2v) is 4.64.